The first kappa shape index (κ1) is 16.9. The van der Waals surface area contributed by atoms with Crippen molar-refractivity contribution < 1.29 is 9.90 Å². The Morgan fingerprint density at radius 1 is 1.28 bits per heavy atom. The summed E-state index contributed by atoms with van der Waals surface area (Å²) in [6.45, 7) is 7.11. The molecule has 0 aromatic rings. The summed E-state index contributed by atoms with van der Waals surface area (Å²) in [7, 11) is 0. The van der Waals surface area contributed by atoms with Crippen molar-refractivity contribution in [1.82, 2.24) is 4.90 Å². The number of hydrogen-bond donors (Lipinski definition) is 1. The highest BCUT2D eigenvalue weighted by atomic mass is 16.3. The predicted molar refractivity (Wildman–Crippen MR) is 71.8 cm³/mol. The van der Waals surface area contributed by atoms with E-state index in [0.29, 0.717) is 32.4 Å². The van der Waals surface area contributed by atoms with E-state index in [1.165, 1.54) is 0 Å². The molecule has 0 saturated heterocycles. The lowest BCUT2D eigenvalue weighted by Crippen LogP contribution is -2.44. The first-order valence-corrected chi connectivity index (χ1v) is 6.93. The Balaban J connectivity index is 4.96. The maximum absolute atomic E-state index is 12.5. The molecule has 0 bridgehead atoms. The van der Waals surface area contributed by atoms with Gasteiger partial charge in [0.15, 0.2) is 0 Å². The van der Waals surface area contributed by atoms with Crippen molar-refractivity contribution >= 4 is 5.91 Å². The first-order valence-electron chi connectivity index (χ1n) is 6.93. The number of hydrogen-bond acceptors (Lipinski definition) is 3. The van der Waals surface area contributed by atoms with Gasteiger partial charge in [0.25, 0.3) is 0 Å². The van der Waals surface area contributed by atoms with Crippen LogP contribution in [0.1, 0.15) is 52.9 Å². The van der Waals surface area contributed by atoms with Gasteiger partial charge in [-0.3, -0.25) is 4.79 Å². The normalized spacial score (nSPS) is 11.1. The summed E-state index contributed by atoms with van der Waals surface area (Å²) in [4.78, 5) is 14.2. The fourth-order valence-electron chi connectivity index (χ4n) is 2.32. The summed E-state index contributed by atoms with van der Waals surface area (Å²) >= 11 is 0. The highest BCUT2D eigenvalue weighted by Gasteiger charge is 2.39. The molecule has 0 saturated carbocycles. The maximum Gasteiger partial charge on any atom is 0.243 e. The lowest BCUT2D eigenvalue weighted by atomic mass is 9.79. The minimum Gasteiger partial charge on any atom is -0.396 e. The Hall–Kier alpha value is -1.08. The van der Waals surface area contributed by atoms with Crippen LogP contribution in [-0.2, 0) is 4.79 Å². The van der Waals surface area contributed by atoms with Crippen molar-refractivity contribution in [3.05, 3.63) is 0 Å². The summed E-state index contributed by atoms with van der Waals surface area (Å²) in [5.41, 5.74) is -0.866. The number of aliphatic hydroxyl groups excluding tert-OH is 1. The molecule has 0 fully saturated rings. The molecule has 0 aromatic carbocycles. The molecule has 0 unspecified atom stereocenters. The van der Waals surface area contributed by atoms with E-state index in [2.05, 4.69) is 6.07 Å². The van der Waals surface area contributed by atoms with Gasteiger partial charge in [0.2, 0.25) is 5.91 Å². The second kappa shape index (κ2) is 8.93. The third-order valence-electron chi connectivity index (χ3n) is 3.23. The molecule has 0 heterocycles. The fourth-order valence-corrected chi connectivity index (χ4v) is 2.32. The van der Waals surface area contributed by atoms with E-state index in [1.807, 2.05) is 20.8 Å². The van der Waals surface area contributed by atoms with Crippen LogP contribution in [-0.4, -0.2) is 35.6 Å². The molecule has 18 heavy (non-hydrogen) atoms. The van der Waals surface area contributed by atoms with Crippen LogP contribution in [0.25, 0.3) is 0 Å². The molecular formula is C14H26N2O2. The summed E-state index contributed by atoms with van der Waals surface area (Å²) in [5.74, 6) is -0.0651. The van der Waals surface area contributed by atoms with Gasteiger partial charge in [0.1, 0.15) is 5.41 Å². The zero-order chi connectivity index (χ0) is 14.0. The van der Waals surface area contributed by atoms with Crippen LogP contribution in [0, 0.1) is 16.7 Å². The second-order valence-corrected chi connectivity index (χ2v) is 4.66. The van der Waals surface area contributed by atoms with Crippen molar-refractivity contribution in [2.45, 2.75) is 52.9 Å². The molecule has 0 radical (unpaired) electrons. The molecule has 1 N–H and O–H groups in total. The standard InChI is InChI=1S/C14H26N2O2/c1-4-8-14(12-15,9-5-2)13(18)16(6-3)10-7-11-17/h17H,4-11H2,1-3H3. The van der Waals surface area contributed by atoms with Crippen LogP contribution in [0.5, 0.6) is 0 Å². The molecule has 0 spiro atoms. The number of nitrogens with zero attached hydrogens (tertiary/aromatic N) is 2. The zero-order valence-electron chi connectivity index (χ0n) is 11.9. The molecule has 0 aliphatic heterocycles. The minimum absolute atomic E-state index is 0.0651. The van der Waals surface area contributed by atoms with Gasteiger partial charge < -0.3 is 10.0 Å². The minimum atomic E-state index is -0.866. The van der Waals surface area contributed by atoms with Crippen LogP contribution in [0.15, 0.2) is 0 Å². The molecule has 104 valence electrons. The average molecular weight is 254 g/mol. The van der Waals surface area contributed by atoms with E-state index >= 15 is 0 Å². The smallest absolute Gasteiger partial charge is 0.243 e. The van der Waals surface area contributed by atoms with Crippen LogP contribution < -0.4 is 0 Å². The number of aliphatic hydroxyl groups is 1. The van der Waals surface area contributed by atoms with Crippen molar-refractivity contribution in [2.24, 2.45) is 5.41 Å². The van der Waals surface area contributed by atoms with Crippen LogP contribution >= 0.6 is 0 Å². The Labute approximate surface area is 111 Å². The van der Waals surface area contributed by atoms with E-state index in [9.17, 15) is 10.1 Å². The third-order valence-corrected chi connectivity index (χ3v) is 3.23. The maximum atomic E-state index is 12.5. The second-order valence-electron chi connectivity index (χ2n) is 4.66. The van der Waals surface area contributed by atoms with Crippen LogP contribution in [0.2, 0.25) is 0 Å². The van der Waals surface area contributed by atoms with Gasteiger partial charge in [0.05, 0.1) is 6.07 Å². The fraction of sp³-hybridized carbons (Fsp3) is 0.857. The SMILES string of the molecule is CCCC(C#N)(CCC)C(=O)N(CC)CCCO. The lowest BCUT2D eigenvalue weighted by Gasteiger charge is -2.31. The molecule has 0 aliphatic rings. The Morgan fingerprint density at radius 3 is 2.17 bits per heavy atom. The van der Waals surface area contributed by atoms with Crippen LogP contribution in [0.4, 0.5) is 0 Å². The van der Waals surface area contributed by atoms with E-state index in [1.54, 1.807) is 4.90 Å². The Kier molecular flexibility index (Phi) is 8.40. The molecule has 4 nitrogen and oxygen atoms in total. The highest BCUT2D eigenvalue weighted by molar-refractivity contribution is 5.85. The topological polar surface area (TPSA) is 64.3 Å². The molecule has 0 aliphatic carbocycles. The summed E-state index contributed by atoms with van der Waals surface area (Å²) in [5, 5.41) is 18.3. The summed E-state index contributed by atoms with van der Waals surface area (Å²) < 4.78 is 0. The van der Waals surface area contributed by atoms with Gasteiger partial charge in [0, 0.05) is 19.7 Å². The van der Waals surface area contributed by atoms with Gasteiger partial charge >= 0.3 is 0 Å². The largest absolute Gasteiger partial charge is 0.396 e. The Bertz CT molecular complexity index is 278. The zero-order valence-corrected chi connectivity index (χ0v) is 11.9. The van der Waals surface area contributed by atoms with Gasteiger partial charge in [-0.25, -0.2) is 0 Å². The van der Waals surface area contributed by atoms with E-state index in [4.69, 9.17) is 5.11 Å². The van der Waals surface area contributed by atoms with Gasteiger partial charge in [-0.1, -0.05) is 26.7 Å². The van der Waals surface area contributed by atoms with Crippen molar-refractivity contribution in [1.29, 1.82) is 5.26 Å². The monoisotopic (exact) mass is 254 g/mol. The van der Waals surface area contributed by atoms with Crippen LogP contribution in [0.3, 0.4) is 0 Å². The molecular weight excluding hydrogens is 228 g/mol. The molecule has 1 amide bonds. The molecule has 0 aromatic heterocycles. The number of nitriles is 1. The van der Waals surface area contributed by atoms with Gasteiger partial charge in [-0.05, 0) is 26.2 Å². The predicted octanol–water partition coefficient (Wildman–Crippen LogP) is 2.33. The van der Waals surface area contributed by atoms with Crippen molar-refractivity contribution in [3.63, 3.8) is 0 Å². The number of rotatable bonds is 9. The average Bonchev–Trinajstić information content (AvgIpc) is 2.39. The van der Waals surface area contributed by atoms with Crippen molar-refractivity contribution in [2.75, 3.05) is 19.7 Å². The van der Waals surface area contributed by atoms with E-state index < -0.39 is 5.41 Å². The van der Waals surface area contributed by atoms with Crippen molar-refractivity contribution in [3.8, 4) is 6.07 Å². The highest BCUT2D eigenvalue weighted by Crippen LogP contribution is 2.31. The first-order chi connectivity index (χ1) is 8.61. The number of carbonyl (C=O) groups is 1. The summed E-state index contributed by atoms with van der Waals surface area (Å²) in [6, 6.07) is 2.25. The van der Waals surface area contributed by atoms with Gasteiger partial charge in [-0.15, -0.1) is 0 Å². The van der Waals surface area contributed by atoms with E-state index in [-0.39, 0.29) is 12.5 Å². The Morgan fingerprint density at radius 2 is 1.83 bits per heavy atom. The summed E-state index contributed by atoms with van der Waals surface area (Å²) in [6.07, 6.45) is 3.46. The molecule has 4 heteroatoms. The molecule has 0 rings (SSSR count). The molecule has 0 atom stereocenters. The number of amides is 1. The quantitative estimate of drug-likeness (QED) is 0.687. The lowest BCUT2D eigenvalue weighted by molar-refractivity contribution is -0.139. The van der Waals surface area contributed by atoms with E-state index in [0.717, 1.165) is 12.8 Å². The van der Waals surface area contributed by atoms with Gasteiger partial charge in [-0.2, -0.15) is 5.26 Å². The third kappa shape index (κ3) is 4.30. The number of carbonyl (C=O) groups excluding carboxylic acids is 1.